The highest BCUT2D eigenvalue weighted by Crippen LogP contribution is 2.35. The number of amides is 1. The van der Waals surface area contributed by atoms with Crippen molar-refractivity contribution in [1.82, 2.24) is 4.98 Å². The fraction of sp³-hybridized carbons (Fsp3) is 0.222. The maximum absolute atomic E-state index is 12.5. The van der Waals surface area contributed by atoms with Crippen molar-refractivity contribution in [2.75, 3.05) is 23.3 Å². The maximum atomic E-state index is 12.5. The topological polar surface area (TPSA) is 45.2 Å². The van der Waals surface area contributed by atoms with Crippen molar-refractivity contribution in [3.05, 3.63) is 52.5 Å². The summed E-state index contributed by atoms with van der Waals surface area (Å²) in [7, 11) is 0. The minimum Gasteiger partial charge on any atom is -0.370 e. The van der Waals surface area contributed by atoms with E-state index in [2.05, 4.69) is 15.2 Å². The molecule has 0 atom stereocenters. The molecule has 122 valence electrons. The van der Waals surface area contributed by atoms with E-state index < -0.39 is 0 Å². The Morgan fingerprint density at radius 1 is 1.17 bits per heavy atom. The lowest BCUT2D eigenvalue weighted by molar-refractivity contribution is 0.103. The Morgan fingerprint density at radius 2 is 1.96 bits per heavy atom. The number of anilines is 2. The molecule has 0 unspecified atom stereocenters. The summed E-state index contributed by atoms with van der Waals surface area (Å²) in [4.78, 5) is 19.7. The molecule has 1 aliphatic heterocycles. The Labute approximate surface area is 149 Å². The monoisotopic (exact) mass is 357 g/mol. The zero-order valence-electron chi connectivity index (χ0n) is 13.0. The predicted molar refractivity (Wildman–Crippen MR) is 100 cm³/mol. The number of hydrogen-bond acceptors (Lipinski definition) is 4. The van der Waals surface area contributed by atoms with Crippen molar-refractivity contribution < 1.29 is 4.79 Å². The van der Waals surface area contributed by atoms with Gasteiger partial charge in [0.05, 0.1) is 16.9 Å². The molecule has 4 rings (SSSR count). The van der Waals surface area contributed by atoms with Gasteiger partial charge in [-0.25, -0.2) is 4.98 Å². The number of fused-ring (bicyclic) bond motifs is 1. The second-order valence-corrected chi connectivity index (χ2v) is 7.22. The summed E-state index contributed by atoms with van der Waals surface area (Å²) in [6.45, 7) is 2.15. The molecule has 1 aromatic carbocycles. The number of nitrogens with zero attached hydrogens (tertiary/aromatic N) is 2. The first kappa shape index (κ1) is 15.4. The predicted octanol–water partition coefficient (Wildman–Crippen LogP) is 4.80. The largest absolute Gasteiger partial charge is 0.370 e. The van der Waals surface area contributed by atoms with Crippen molar-refractivity contribution >= 4 is 50.4 Å². The van der Waals surface area contributed by atoms with Gasteiger partial charge < -0.3 is 10.2 Å². The van der Waals surface area contributed by atoms with Crippen LogP contribution in [-0.2, 0) is 0 Å². The van der Waals surface area contributed by atoms with Crippen LogP contribution in [-0.4, -0.2) is 24.0 Å². The molecule has 0 saturated carbocycles. The van der Waals surface area contributed by atoms with Gasteiger partial charge in [-0.3, -0.25) is 4.79 Å². The number of carbonyl (C=O) groups excluding carboxylic acids is 1. The molecule has 0 radical (unpaired) electrons. The molecule has 6 heteroatoms. The molecule has 2 aromatic heterocycles. The number of halogens is 1. The summed E-state index contributed by atoms with van der Waals surface area (Å²) in [6, 6.07) is 11.6. The first-order valence-corrected chi connectivity index (χ1v) is 9.11. The van der Waals surface area contributed by atoms with Crippen LogP contribution in [0.2, 0.25) is 5.02 Å². The summed E-state index contributed by atoms with van der Waals surface area (Å²) in [5, 5.41) is 4.25. The lowest BCUT2D eigenvalue weighted by Crippen LogP contribution is -2.18. The molecular formula is C18H16ClN3OS. The standard InChI is InChI=1S/C18H16ClN3OS/c19-16-13-5-1-2-6-14(13)24-17(16)18(23)21-15-8-7-12(11-20-15)22-9-3-4-10-22/h1-2,5-8,11H,3-4,9-10H2,(H,20,21,23). The molecule has 0 bridgehead atoms. The number of pyridine rings is 1. The Hall–Kier alpha value is -2.11. The highest BCUT2D eigenvalue weighted by molar-refractivity contribution is 7.21. The fourth-order valence-electron chi connectivity index (χ4n) is 2.96. The molecule has 24 heavy (non-hydrogen) atoms. The van der Waals surface area contributed by atoms with E-state index in [9.17, 15) is 4.79 Å². The smallest absolute Gasteiger partial charge is 0.268 e. The van der Waals surface area contributed by atoms with Gasteiger partial charge in [0.25, 0.3) is 5.91 Å². The van der Waals surface area contributed by atoms with E-state index in [-0.39, 0.29) is 5.91 Å². The average molecular weight is 358 g/mol. The van der Waals surface area contributed by atoms with E-state index >= 15 is 0 Å². The van der Waals surface area contributed by atoms with Crippen molar-refractivity contribution in [2.24, 2.45) is 0 Å². The van der Waals surface area contributed by atoms with Crippen molar-refractivity contribution in [3.63, 3.8) is 0 Å². The number of benzene rings is 1. The van der Waals surface area contributed by atoms with Crippen molar-refractivity contribution in [3.8, 4) is 0 Å². The number of hydrogen-bond donors (Lipinski definition) is 1. The van der Waals surface area contributed by atoms with Gasteiger partial charge in [0.2, 0.25) is 0 Å². The molecule has 1 fully saturated rings. The maximum Gasteiger partial charge on any atom is 0.268 e. The number of aromatic nitrogens is 1. The van der Waals surface area contributed by atoms with Gasteiger partial charge >= 0.3 is 0 Å². The molecule has 1 amide bonds. The Balaban J connectivity index is 1.53. The van der Waals surface area contributed by atoms with Gasteiger partial charge in [-0.2, -0.15) is 0 Å². The number of rotatable bonds is 3. The van der Waals surface area contributed by atoms with E-state index in [4.69, 9.17) is 11.6 Å². The highest BCUT2D eigenvalue weighted by Gasteiger charge is 2.18. The third kappa shape index (κ3) is 2.85. The summed E-state index contributed by atoms with van der Waals surface area (Å²) in [6.07, 6.45) is 4.26. The Bertz CT molecular complexity index is 885. The number of carbonyl (C=O) groups is 1. The van der Waals surface area contributed by atoms with Crippen molar-refractivity contribution in [1.29, 1.82) is 0 Å². The van der Waals surface area contributed by atoms with Crippen LogP contribution >= 0.6 is 22.9 Å². The van der Waals surface area contributed by atoms with Crippen molar-refractivity contribution in [2.45, 2.75) is 12.8 Å². The van der Waals surface area contributed by atoms with Crippen LogP contribution in [0, 0.1) is 0 Å². The summed E-state index contributed by atoms with van der Waals surface area (Å²) < 4.78 is 1.00. The summed E-state index contributed by atoms with van der Waals surface area (Å²) in [5.74, 6) is 0.319. The third-order valence-electron chi connectivity index (χ3n) is 4.20. The molecule has 3 heterocycles. The van der Waals surface area contributed by atoms with E-state index in [0.29, 0.717) is 15.7 Å². The normalized spacial score (nSPS) is 14.3. The number of thiophene rings is 1. The second-order valence-electron chi connectivity index (χ2n) is 5.79. The zero-order valence-corrected chi connectivity index (χ0v) is 14.5. The van der Waals surface area contributed by atoms with E-state index in [1.807, 2.05) is 42.6 Å². The quantitative estimate of drug-likeness (QED) is 0.732. The molecule has 1 aliphatic rings. The lowest BCUT2D eigenvalue weighted by atomic mass is 10.2. The zero-order chi connectivity index (χ0) is 16.5. The number of nitrogens with one attached hydrogen (secondary N) is 1. The van der Waals surface area contributed by atoms with E-state index in [0.717, 1.165) is 28.9 Å². The van der Waals surface area contributed by atoms with Gasteiger partial charge in [-0.05, 0) is 31.0 Å². The third-order valence-corrected chi connectivity index (χ3v) is 5.88. The van der Waals surface area contributed by atoms with E-state index in [1.165, 1.54) is 24.2 Å². The van der Waals surface area contributed by atoms with Crippen LogP contribution in [0.5, 0.6) is 0 Å². The fourth-order valence-corrected chi connectivity index (χ4v) is 4.37. The molecule has 0 aliphatic carbocycles. The van der Waals surface area contributed by atoms with E-state index in [1.54, 1.807) is 0 Å². The van der Waals surface area contributed by atoms with Crippen LogP contribution < -0.4 is 10.2 Å². The molecule has 1 N–H and O–H groups in total. The average Bonchev–Trinajstić information content (AvgIpc) is 3.24. The van der Waals surface area contributed by atoms with Gasteiger partial charge in [-0.1, -0.05) is 29.8 Å². The Morgan fingerprint density at radius 3 is 2.67 bits per heavy atom. The van der Waals surface area contributed by atoms with Crippen LogP contribution in [0.1, 0.15) is 22.5 Å². The minimum absolute atomic E-state index is 0.220. The van der Waals surface area contributed by atoms with Gasteiger partial charge in [0.1, 0.15) is 10.7 Å². The molecular weight excluding hydrogens is 342 g/mol. The van der Waals surface area contributed by atoms with Crippen LogP contribution in [0.25, 0.3) is 10.1 Å². The van der Waals surface area contributed by atoms with Crippen LogP contribution in [0.4, 0.5) is 11.5 Å². The Kier molecular flexibility index (Phi) is 4.12. The van der Waals surface area contributed by atoms with Gasteiger partial charge in [-0.15, -0.1) is 11.3 Å². The second kappa shape index (κ2) is 6.42. The summed E-state index contributed by atoms with van der Waals surface area (Å²) in [5.41, 5.74) is 1.10. The first-order chi connectivity index (χ1) is 11.7. The SMILES string of the molecule is O=C(Nc1ccc(N2CCCC2)cn1)c1sc2ccccc2c1Cl. The summed E-state index contributed by atoms with van der Waals surface area (Å²) >= 11 is 7.75. The lowest BCUT2D eigenvalue weighted by Gasteiger charge is -2.17. The molecule has 1 saturated heterocycles. The highest BCUT2D eigenvalue weighted by atomic mass is 35.5. The van der Waals surface area contributed by atoms with Gasteiger partial charge in [0.15, 0.2) is 0 Å². The van der Waals surface area contributed by atoms with Crippen LogP contribution in [0.3, 0.4) is 0 Å². The van der Waals surface area contributed by atoms with Gasteiger partial charge in [0, 0.05) is 23.2 Å². The minimum atomic E-state index is -0.220. The molecule has 0 spiro atoms. The van der Waals surface area contributed by atoms with Crippen LogP contribution in [0.15, 0.2) is 42.6 Å². The first-order valence-electron chi connectivity index (χ1n) is 7.92. The molecule has 3 aromatic rings. The molecule has 4 nitrogen and oxygen atoms in total.